The Bertz CT molecular complexity index is 563. The zero-order chi connectivity index (χ0) is 11.7. The molecule has 0 saturated carbocycles. The van der Waals surface area contributed by atoms with Gasteiger partial charge in [-0.1, -0.05) is 0 Å². The summed E-state index contributed by atoms with van der Waals surface area (Å²) in [7, 11) is 0. The zero-order valence-corrected chi connectivity index (χ0v) is 11.2. The largest absolute Gasteiger partial charge is 0.381 e. The van der Waals surface area contributed by atoms with Crippen molar-refractivity contribution in [2.24, 2.45) is 0 Å². The Hall–Kier alpha value is -1.32. The molecule has 0 spiro atoms. The molecule has 6 heteroatoms. The van der Waals surface area contributed by atoms with E-state index in [9.17, 15) is 0 Å². The van der Waals surface area contributed by atoms with Crippen molar-refractivity contribution in [3.05, 3.63) is 38.9 Å². The number of nitrogen functional groups attached to an aromatic ring is 1. The summed E-state index contributed by atoms with van der Waals surface area (Å²) in [6.07, 6.45) is 1.77. The van der Waals surface area contributed by atoms with Crippen LogP contribution in [0.3, 0.4) is 0 Å². The lowest BCUT2D eigenvalue weighted by molar-refractivity contribution is 0.881. The number of halogens is 2. The van der Waals surface area contributed by atoms with Gasteiger partial charge in [0.05, 0.1) is 21.8 Å². The molecule has 0 unspecified atom stereocenters. The van der Waals surface area contributed by atoms with Crippen LogP contribution >= 0.6 is 31.9 Å². The first-order valence-electron chi connectivity index (χ1n) is 4.32. The van der Waals surface area contributed by atoms with Gasteiger partial charge >= 0.3 is 0 Å². The number of nitrogens with zero attached hydrogens (tertiary/aromatic N) is 3. The minimum Gasteiger partial charge on any atom is -0.381 e. The monoisotopic (exact) mass is 340 g/mol. The summed E-state index contributed by atoms with van der Waals surface area (Å²) in [5, 5.41) is 12.9. The van der Waals surface area contributed by atoms with Crippen LogP contribution in [-0.2, 0) is 0 Å². The van der Waals surface area contributed by atoms with Gasteiger partial charge in [-0.25, -0.2) is 4.68 Å². The SMILES string of the molecule is N#Cc1ccc(-n2cc(Br)c(N)n2)c(Br)c1. The Morgan fingerprint density at radius 2 is 2.06 bits per heavy atom. The fraction of sp³-hybridized carbons (Fsp3) is 0. The predicted molar refractivity (Wildman–Crippen MR) is 68.1 cm³/mol. The topological polar surface area (TPSA) is 67.6 Å². The van der Waals surface area contributed by atoms with Gasteiger partial charge < -0.3 is 5.73 Å². The molecule has 0 radical (unpaired) electrons. The molecule has 4 nitrogen and oxygen atoms in total. The molecule has 1 aromatic carbocycles. The molecule has 2 N–H and O–H groups in total. The molecule has 0 aliphatic carbocycles. The molecule has 0 aliphatic heterocycles. The maximum atomic E-state index is 8.75. The predicted octanol–water partition coefficient (Wildman–Crippen LogP) is 2.85. The molecule has 0 bridgehead atoms. The molecule has 2 aromatic rings. The van der Waals surface area contributed by atoms with Crippen LogP contribution < -0.4 is 5.73 Å². The van der Waals surface area contributed by atoms with Crippen molar-refractivity contribution in [3.63, 3.8) is 0 Å². The highest BCUT2D eigenvalue weighted by molar-refractivity contribution is 9.11. The first-order valence-corrected chi connectivity index (χ1v) is 5.91. The Morgan fingerprint density at radius 1 is 1.31 bits per heavy atom. The zero-order valence-electron chi connectivity index (χ0n) is 7.98. The summed E-state index contributed by atoms with van der Waals surface area (Å²) in [5.74, 6) is 0.427. The smallest absolute Gasteiger partial charge is 0.160 e. The third-order valence-corrected chi connectivity index (χ3v) is 3.27. The van der Waals surface area contributed by atoms with Crippen LogP contribution in [0.4, 0.5) is 5.82 Å². The molecule has 0 fully saturated rings. The van der Waals surface area contributed by atoms with Gasteiger partial charge in [0.2, 0.25) is 0 Å². The lowest BCUT2D eigenvalue weighted by Crippen LogP contribution is -1.97. The van der Waals surface area contributed by atoms with Gasteiger partial charge in [0, 0.05) is 10.7 Å². The minimum atomic E-state index is 0.427. The molecule has 80 valence electrons. The fourth-order valence-corrected chi connectivity index (χ4v) is 2.09. The average Bonchev–Trinajstić information content (AvgIpc) is 2.58. The van der Waals surface area contributed by atoms with E-state index in [1.54, 1.807) is 23.0 Å². The molecule has 0 atom stereocenters. The van der Waals surface area contributed by atoms with Crippen molar-refractivity contribution < 1.29 is 0 Å². The molecular formula is C10H6Br2N4. The second-order valence-corrected chi connectivity index (χ2v) is 4.79. The van der Waals surface area contributed by atoms with E-state index in [2.05, 4.69) is 43.0 Å². The van der Waals surface area contributed by atoms with Gasteiger partial charge in [0.1, 0.15) is 0 Å². The summed E-state index contributed by atoms with van der Waals surface area (Å²) in [5.41, 5.74) is 7.06. The maximum Gasteiger partial charge on any atom is 0.160 e. The Kier molecular flexibility index (Phi) is 2.99. The third kappa shape index (κ3) is 1.96. The molecule has 2 rings (SSSR count). The van der Waals surface area contributed by atoms with Crippen molar-refractivity contribution in [1.82, 2.24) is 9.78 Å². The maximum absolute atomic E-state index is 8.75. The highest BCUT2D eigenvalue weighted by atomic mass is 79.9. The van der Waals surface area contributed by atoms with E-state index in [0.717, 1.165) is 14.6 Å². The van der Waals surface area contributed by atoms with Gasteiger partial charge in [-0.3, -0.25) is 0 Å². The van der Waals surface area contributed by atoms with Crippen molar-refractivity contribution in [2.45, 2.75) is 0 Å². The quantitative estimate of drug-likeness (QED) is 0.867. The normalized spacial score (nSPS) is 10.1. The molecule has 1 heterocycles. The molecule has 16 heavy (non-hydrogen) atoms. The summed E-state index contributed by atoms with van der Waals surface area (Å²) in [6.45, 7) is 0. The molecule has 0 amide bonds. The Balaban J connectivity index is 2.53. The summed E-state index contributed by atoms with van der Waals surface area (Å²) in [4.78, 5) is 0. The average molecular weight is 342 g/mol. The summed E-state index contributed by atoms with van der Waals surface area (Å²) in [6, 6.07) is 7.34. The first kappa shape index (κ1) is 11.2. The number of aromatic nitrogens is 2. The van der Waals surface area contributed by atoms with Crippen molar-refractivity contribution >= 4 is 37.7 Å². The molecule has 0 saturated heterocycles. The van der Waals surface area contributed by atoms with Crippen LogP contribution in [0, 0.1) is 11.3 Å². The van der Waals surface area contributed by atoms with E-state index in [0.29, 0.717) is 11.4 Å². The third-order valence-electron chi connectivity index (χ3n) is 2.02. The van der Waals surface area contributed by atoms with E-state index >= 15 is 0 Å². The number of nitriles is 1. The summed E-state index contributed by atoms with van der Waals surface area (Å²) < 4.78 is 3.18. The Labute approximate surface area is 109 Å². The highest BCUT2D eigenvalue weighted by Gasteiger charge is 2.07. The van der Waals surface area contributed by atoms with Gasteiger partial charge in [-0.15, -0.1) is 5.10 Å². The van der Waals surface area contributed by atoms with Crippen molar-refractivity contribution in [3.8, 4) is 11.8 Å². The van der Waals surface area contributed by atoms with Gasteiger partial charge in [0.15, 0.2) is 5.82 Å². The van der Waals surface area contributed by atoms with Crippen molar-refractivity contribution in [2.75, 3.05) is 5.73 Å². The van der Waals surface area contributed by atoms with E-state index < -0.39 is 0 Å². The fourth-order valence-electron chi connectivity index (χ4n) is 1.25. The van der Waals surface area contributed by atoms with Crippen LogP contribution in [0.1, 0.15) is 5.56 Å². The van der Waals surface area contributed by atoms with E-state index in [1.807, 2.05) is 6.07 Å². The molecule has 0 aliphatic rings. The molecule has 1 aromatic heterocycles. The lowest BCUT2D eigenvalue weighted by atomic mass is 10.2. The van der Waals surface area contributed by atoms with Gasteiger partial charge in [0.25, 0.3) is 0 Å². The van der Waals surface area contributed by atoms with Crippen LogP contribution in [0.5, 0.6) is 0 Å². The number of anilines is 1. The van der Waals surface area contributed by atoms with Gasteiger partial charge in [-0.05, 0) is 50.1 Å². The second kappa shape index (κ2) is 4.28. The summed E-state index contributed by atoms with van der Waals surface area (Å²) >= 11 is 6.68. The number of rotatable bonds is 1. The number of hydrogen-bond acceptors (Lipinski definition) is 3. The molecular weight excluding hydrogens is 336 g/mol. The standard InChI is InChI=1S/C10H6Br2N4/c11-7-3-6(4-13)1-2-9(7)16-5-8(12)10(14)15-16/h1-3,5H,(H2,14,15). The van der Waals surface area contributed by atoms with E-state index in [-0.39, 0.29) is 0 Å². The van der Waals surface area contributed by atoms with E-state index in [4.69, 9.17) is 11.0 Å². The lowest BCUT2D eigenvalue weighted by Gasteiger charge is -2.03. The number of nitrogens with two attached hydrogens (primary N) is 1. The Morgan fingerprint density at radius 3 is 2.56 bits per heavy atom. The van der Waals surface area contributed by atoms with Crippen LogP contribution in [-0.4, -0.2) is 9.78 Å². The number of benzene rings is 1. The number of hydrogen-bond donors (Lipinski definition) is 1. The van der Waals surface area contributed by atoms with Crippen LogP contribution in [0.25, 0.3) is 5.69 Å². The van der Waals surface area contributed by atoms with Crippen molar-refractivity contribution in [1.29, 1.82) is 5.26 Å². The second-order valence-electron chi connectivity index (χ2n) is 3.08. The first-order chi connectivity index (χ1) is 7.61. The van der Waals surface area contributed by atoms with Gasteiger partial charge in [-0.2, -0.15) is 5.26 Å². The van der Waals surface area contributed by atoms with Crippen LogP contribution in [0.2, 0.25) is 0 Å². The van der Waals surface area contributed by atoms with Crippen LogP contribution in [0.15, 0.2) is 33.3 Å². The minimum absolute atomic E-state index is 0.427. The highest BCUT2D eigenvalue weighted by Crippen LogP contribution is 2.25. The van der Waals surface area contributed by atoms with E-state index in [1.165, 1.54) is 0 Å².